The molecule has 1 saturated heterocycles. The van der Waals surface area contributed by atoms with Gasteiger partial charge < -0.3 is 4.98 Å². The molecule has 0 aromatic carbocycles. The lowest BCUT2D eigenvalue weighted by Crippen LogP contribution is -2.44. The topological polar surface area (TPSA) is 103 Å². The lowest BCUT2D eigenvalue weighted by atomic mass is 10.1. The van der Waals surface area contributed by atoms with Crippen molar-refractivity contribution in [3.63, 3.8) is 0 Å². The standard InChI is InChI=1S/C11H17N3O4S/c1-7-5-3-4-6-14(7)19(17,18)9-8(2)12-11(16)13-10(9)15/h7H,3-6H2,1-2H3,(H2,12,13,15,16)/t7-/m1/s1. The first-order valence-corrected chi connectivity index (χ1v) is 7.63. The number of rotatable bonds is 2. The minimum Gasteiger partial charge on any atom is -0.310 e. The van der Waals surface area contributed by atoms with Crippen LogP contribution < -0.4 is 11.2 Å². The number of hydrogen-bond acceptors (Lipinski definition) is 4. The van der Waals surface area contributed by atoms with Crippen molar-refractivity contribution in [1.82, 2.24) is 14.3 Å². The molecule has 2 N–H and O–H groups in total. The van der Waals surface area contributed by atoms with Crippen LogP contribution in [0.25, 0.3) is 0 Å². The van der Waals surface area contributed by atoms with Crippen LogP contribution in [0.5, 0.6) is 0 Å². The number of nitrogens with one attached hydrogen (secondary N) is 2. The van der Waals surface area contributed by atoms with Crippen LogP contribution >= 0.6 is 0 Å². The normalized spacial score (nSPS) is 21.5. The van der Waals surface area contributed by atoms with Gasteiger partial charge in [0.05, 0.1) is 0 Å². The molecule has 1 fully saturated rings. The van der Waals surface area contributed by atoms with E-state index >= 15 is 0 Å². The van der Waals surface area contributed by atoms with Gasteiger partial charge in [-0.3, -0.25) is 9.78 Å². The SMILES string of the molecule is Cc1[nH]c(=O)[nH]c(=O)c1S(=O)(=O)N1CCCC[C@H]1C. The van der Waals surface area contributed by atoms with Crippen molar-refractivity contribution in [3.8, 4) is 0 Å². The van der Waals surface area contributed by atoms with E-state index in [1.54, 1.807) is 0 Å². The number of aryl methyl sites for hydroxylation is 1. The minimum absolute atomic E-state index is 0.0755. The van der Waals surface area contributed by atoms with Gasteiger partial charge in [-0.2, -0.15) is 4.31 Å². The van der Waals surface area contributed by atoms with Crippen LogP contribution in [0.15, 0.2) is 14.5 Å². The molecule has 1 aromatic heterocycles. The summed E-state index contributed by atoms with van der Waals surface area (Å²) in [6.07, 6.45) is 2.54. The van der Waals surface area contributed by atoms with Crippen molar-refractivity contribution in [2.24, 2.45) is 0 Å². The maximum absolute atomic E-state index is 12.5. The highest BCUT2D eigenvalue weighted by molar-refractivity contribution is 7.89. The van der Waals surface area contributed by atoms with Crippen molar-refractivity contribution in [3.05, 3.63) is 26.5 Å². The molecule has 0 aliphatic carbocycles. The summed E-state index contributed by atoms with van der Waals surface area (Å²) in [6, 6.07) is -0.135. The second-order valence-corrected chi connectivity index (χ2v) is 6.65. The molecule has 0 radical (unpaired) electrons. The van der Waals surface area contributed by atoms with Gasteiger partial charge in [0.25, 0.3) is 15.6 Å². The van der Waals surface area contributed by atoms with Gasteiger partial charge in [-0.1, -0.05) is 6.42 Å². The summed E-state index contributed by atoms with van der Waals surface area (Å²) in [4.78, 5) is 26.8. The number of hydrogen-bond donors (Lipinski definition) is 2. The van der Waals surface area contributed by atoms with Gasteiger partial charge in [0, 0.05) is 18.3 Å². The van der Waals surface area contributed by atoms with Crippen molar-refractivity contribution < 1.29 is 8.42 Å². The zero-order valence-corrected chi connectivity index (χ0v) is 11.7. The molecule has 0 unspecified atom stereocenters. The van der Waals surface area contributed by atoms with E-state index in [2.05, 4.69) is 4.98 Å². The fraction of sp³-hybridized carbons (Fsp3) is 0.636. The van der Waals surface area contributed by atoms with E-state index < -0.39 is 21.3 Å². The Kier molecular flexibility index (Phi) is 3.64. The number of H-pyrrole nitrogens is 2. The zero-order valence-electron chi connectivity index (χ0n) is 10.9. The van der Waals surface area contributed by atoms with Gasteiger partial charge in [0.2, 0.25) is 0 Å². The van der Waals surface area contributed by atoms with Crippen LogP contribution in [-0.4, -0.2) is 35.3 Å². The molecular weight excluding hydrogens is 270 g/mol. The average molecular weight is 287 g/mol. The summed E-state index contributed by atoms with van der Waals surface area (Å²) < 4.78 is 26.4. The molecule has 1 aliphatic heterocycles. The van der Waals surface area contributed by atoms with Gasteiger partial charge in [-0.15, -0.1) is 0 Å². The van der Waals surface area contributed by atoms with E-state index in [-0.39, 0.29) is 16.6 Å². The third-order valence-electron chi connectivity index (χ3n) is 3.38. The van der Waals surface area contributed by atoms with Crippen molar-refractivity contribution in [1.29, 1.82) is 0 Å². The molecule has 2 heterocycles. The monoisotopic (exact) mass is 287 g/mol. The lowest BCUT2D eigenvalue weighted by Gasteiger charge is -2.32. The van der Waals surface area contributed by atoms with Crippen LogP contribution in [0.1, 0.15) is 31.9 Å². The highest BCUT2D eigenvalue weighted by atomic mass is 32.2. The number of aromatic nitrogens is 2. The van der Waals surface area contributed by atoms with Crippen LogP contribution in [-0.2, 0) is 10.0 Å². The van der Waals surface area contributed by atoms with E-state index in [0.29, 0.717) is 6.54 Å². The molecule has 0 amide bonds. The van der Waals surface area contributed by atoms with Gasteiger partial charge in [-0.05, 0) is 26.7 Å². The molecule has 106 valence electrons. The lowest BCUT2D eigenvalue weighted by molar-refractivity contribution is 0.268. The summed E-state index contributed by atoms with van der Waals surface area (Å²) in [5, 5.41) is 0. The second kappa shape index (κ2) is 4.93. The van der Waals surface area contributed by atoms with Crippen LogP contribution in [0, 0.1) is 6.92 Å². The average Bonchev–Trinajstić information content (AvgIpc) is 2.27. The maximum atomic E-state index is 12.5. The predicted molar refractivity (Wildman–Crippen MR) is 69.6 cm³/mol. The Labute approximate surface area is 110 Å². The fourth-order valence-corrected chi connectivity index (χ4v) is 4.35. The molecule has 19 heavy (non-hydrogen) atoms. The summed E-state index contributed by atoms with van der Waals surface area (Å²) in [6.45, 7) is 3.64. The van der Waals surface area contributed by atoms with E-state index in [0.717, 1.165) is 19.3 Å². The molecule has 8 heteroatoms. The smallest absolute Gasteiger partial charge is 0.310 e. The second-order valence-electron chi connectivity index (χ2n) is 4.82. The number of piperidine rings is 1. The number of sulfonamides is 1. The molecule has 0 bridgehead atoms. The van der Waals surface area contributed by atoms with Gasteiger partial charge >= 0.3 is 5.69 Å². The minimum atomic E-state index is -3.87. The van der Waals surface area contributed by atoms with Crippen molar-refractivity contribution in [2.75, 3.05) is 6.54 Å². The number of nitrogens with zero attached hydrogens (tertiary/aromatic N) is 1. The Morgan fingerprint density at radius 1 is 1.21 bits per heavy atom. The first kappa shape index (κ1) is 14.0. The van der Waals surface area contributed by atoms with Crippen LogP contribution in [0.2, 0.25) is 0 Å². The fourth-order valence-electron chi connectivity index (χ4n) is 2.45. The molecule has 7 nitrogen and oxygen atoms in total. The zero-order chi connectivity index (χ0) is 14.2. The van der Waals surface area contributed by atoms with Crippen LogP contribution in [0.3, 0.4) is 0 Å². The van der Waals surface area contributed by atoms with E-state index in [1.807, 2.05) is 11.9 Å². The van der Waals surface area contributed by atoms with Gasteiger partial charge in [-0.25, -0.2) is 13.2 Å². The molecule has 2 rings (SSSR count). The maximum Gasteiger partial charge on any atom is 0.325 e. The highest BCUT2D eigenvalue weighted by Gasteiger charge is 2.34. The highest BCUT2D eigenvalue weighted by Crippen LogP contribution is 2.23. The first-order valence-electron chi connectivity index (χ1n) is 6.19. The molecule has 1 atom stereocenters. The third kappa shape index (κ3) is 2.50. The predicted octanol–water partition coefficient (Wildman–Crippen LogP) is -0.0653. The quantitative estimate of drug-likeness (QED) is 0.795. The summed E-state index contributed by atoms with van der Waals surface area (Å²) in [5.41, 5.74) is -1.49. The Hall–Kier alpha value is -1.41. The molecule has 0 spiro atoms. The molecule has 0 saturated carbocycles. The molecule has 1 aromatic rings. The van der Waals surface area contributed by atoms with Crippen molar-refractivity contribution in [2.45, 2.75) is 44.0 Å². The van der Waals surface area contributed by atoms with Gasteiger partial charge in [0.15, 0.2) is 4.90 Å². The Balaban J connectivity index is 2.57. The Morgan fingerprint density at radius 3 is 2.47 bits per heavy atom. The van der Waals surface area contributed by atoms with Gasteiger partial charge in [0.1, 0.15) is 0 Å². The van der Waals surface area contributed by atoms with Crippen molar-refractivity contribution >= 4 is 10.0 Å². The third-order valence-corrected chi connectivity index (χ3v) is 5.55. The van der Waals surface area contributed by atoms with E-state index in [1.165, 1.54) is 11.2 Å². The Bertz CT molecular complexity index is 689. The summed E-state index contributed by atoms with van der Waals surface area (Å²) in [5.74, 6) is 0. The largest absolute Gasteiger partial charge is 0.325 e. The van der Waals surface area contributed by atoms with Crippen LogP contribution in [0.4, 0.5) is 0 Å². The number of aromatic amines is 2. The Morgan fingerprint density at radius 2 is 1.89 bits per heavy atom. The summed E-state index contributed by atoms with van der Waals surface area (Å²) >= 11 is 0. The molecule has 1 aliphatic rings. The summed E-state index contributed by atoms with van der Waals surface area (Å²) in [7, 11) is -3.87. The van der Waals surface area contributed by atoms with E-state index in [4.69, 9.17) is 0 Å². The van der Waals surface area contributed by atoms with E-state index in [9.17, 15) is 18.0 Å². The first-order chi connectivity index (χ1) is 8.84. The molecular formula is C11H17N3O4S.